The second kappa shape index (κ2) is 9.08. The molecule has 0 saturated carbocycles. The van der Waals surface area contributed by atoms with Crippen LogP contribution in [0, 0.1) is 11.7 Å². The Morgan fingerprint density at radius 1 is 1.25 bits per heavy atom. The number of nitrogens with zero attached hydrogens (tertiary/aromatic N) is 3. The van der Waals surface area contributed by atoms with Crippen molar-refractivity contribution in [3.05, 3.63) is 70.8 Å². The summed E-state index contributed by atoms with van der Waals surface area (Å²) in [6.45, 7) is 4.18. The summed E-state index contributed by atoms with van der Waals surface area (Å²) in [5.41, 5.74) is 1.21. The van der Waals surface area contributed by atoms with E-state index < -0.39 is 23.8 Å². The predicted octanol–water partition coefficient (Wildman–Crippen LogP) is 4.26. The van der Waals surface area contributed by atoms with Crippen molar-refractivity contribution in [1.82, 2.24) is 20.4 Å². The number of carbonyl (C=O) groups is 2. The SMILES string of the molecule is CC(C)C[C@H]1C(=O)N[C@@H](c2ccccc2Cl)CN1C(=O)c1noc(-c2ccc(F)cc2)n1. The zero-order chi connectivity index (χ0) is 22.8. The quantitative estimate of drug-likeness (QED) is 0.619. The standard InChI is InChI=1S/C23H22ClFN4O3/c1-13(2)11-19-21(30)26-18(16-5-3-4-6-17(16)24)12-29(19)23(31)20-27-22(32-28-20)14-7-9-15(25)10-8-14/h3-10,13,18-19H,11-12H2,1-2H3,(H,26,30)/t18-,19+/m1/s1. The van der Waals surface area contributed by atoms with E-state index in [-0.39, 0.29) is 30.1 Å². The van der Waals surface area contributed by atoms with E-state index in [4.69, 9.17) is 16.1 Å². The zero-order valence-electron chi connectivity index (χ0n) is 17.6. The highest BCUT2D eigenvalue weighted by molar-refractivity contribution is 6.31. The van der Waals surface area contributed by atoms with Crippen molar-refractivity contribution in [2.24, 2.45) is 5.92 Å². The van der Waals surface area contributed by atoms with Gasteiger partial charge in [-0.05, 0) is 48.2 Å². The molecule has 2 heterocycles. The fraction of sp³-hybridized carbons (Fsp3) is 0.304. The topological polar surface area (TPSA) is 88.3 Å². The van der Waals surface area contributed by atoms with Crippen LogP contribution in [0.15, 0.2) is 53.1 Å². The predicted molar refractivity (Wildman–Crippen MR) is 116 cm³/mol. The molecule has 1 aliphatic rings. The van der Waals surface area contributed by atoms with E-state index in [1.165, 1.54) is 29.2 Å². The fourth-order valence-corrected chi connectivity index (χ4v) is 4.03. The number of hydrogen-bond acceptors (Lipinski definition) is 5. The van der Waals surface area contributed by atoms with Crippen LogP contribution in [0.4, 0.5) is 4.39 Å². The second-order valence-electron chi connectivity index (χ2n) is 8.12. The minimum atomic E-state index is -0.672. The number of benzene rings is 2. The van der Waals surface area contributed by atoms with Crippen molar-refractivity contribution in [3.8, 4) is 11.5 Å². The highest BCUT2D eigenvalue weighted by Gasteiger charge is 2.40. The van der Waals surface area contributed by atoms with Gasteiger partial charge in [0, 0.05) is 17.1 Å². The van der Waals surface area contributed by atoms with Crippen molar-refractivity contribution < 1.29 is 18.5 Å². The van der Waals surface area contributed by atoms with E-state index in [9.17, 15) is 14.0 Å². The van der Waals surface area contributed by atoms with Gasteiger partial charge in [-0.1, -0.05) is 48.8 Å². The summed E-state index contributed by atoms with van der Waals surface area (Å²) in [6, 6.07) is 11.6. The molecule has 2 atom stereocenters. The zero-order valence-corrected chi connectivity index (χ0v) is 18.3. The molecule has 9 heteroatoms. The van der Waals surface area contributed by atoms with Crippen LogP contribution in [-0.4, -0.2) is 39.4 Å². The van der Waals surface area contributed by atoms with Crippen LogP contribution in [0.1, 0.15) is 42.5 Å². The number of aromatic nitrogens is 2. The summed E-state index contributed by atoms with van der Waals surface area (Å²) in [7, 11) is 0. The van der Waals surface area contributed by atoms with Gasteiger partial charge in [-0.15, -0.1) is 0 Å². The monoisotopic (exact) mass is 456 g/mol. The van der Waals surface area contributed by atoms with E-state index in [1.54, 1.807) is 12.1 Å². The third kappa shape index (κ3) is 4.50. The number of amides is 2. The Kier molecular flexibility index (Phi) is 6.23. The molecule has 0 radical (unpaired) electrons. The summed E-state index contributed by atoms with van der Waals surface area (Å²) in [5, 5.41) is 7.31. The van der Waals surface area contributed by atoms with Crippen molar-refractivity contribution in [1.29, 1.82) is 0 Å². The number of nitrogens with one attached hydrogen (secondary N) is 1. The molecule has 1 fully saturated rings. The third-order valence-electron chi connectivity index (χ3n) is 5.32. The molecular weight excluding hydrogens is 435 g/mol. The summed E-state index contributed by atoms with van der Waals surface area (Å²) in [4.78, 5) is 32.0. The minimum absolute atomic E-state index is 0.0953. The van der Waals surface area contributed by atoms with Gasteiger partial charge in [-0.25, -0.2) is 4.39 Å². The lowest BCUT2D eigenvalue weighted by molar-refractivity contribution is -0.130. The van der Waals surface area contributed by atoms with Crippen LogP contribution in [0.5, 0.6) is 0 Å². The lowest BCUT2D eigenvalue weighted by atomic mass is 9.95. The smallest absolute Gasteiger partial charge is 0.296 e. The van der Waals surface area contributed by atoms with Crippen LogP contribution >= 0.6 is 11.6 Å². The van der Waals surface area contributed by atoms with E-state index in [0.29, 0.717) is 17.0 Å². The summed E-state index contributed by atoms with van der Waals surface area (Å²) in [5.74, 6) is -1.06. The molecule has 2 amide bonds. The molecular formula is C23H22ClFN4O3. The molecule has 3 aromatic rings. The molecule has 0 spiro atoms. The molecule has 1 saturated heterocycles. The van der Waals surface area contributed by atoms with Crippen LogP contribution in [0.2, 0.25) is 5.02 Å². The van der Waals surface area contributed by atoms with Gasteiger partial charge >= 0.3 is 0 Å². The van der Waals surface area contributed by atoms with Gasteiger partial charge in [-0.3, -0.25) is 9.59 Å². The average molecular weight is 457 g/mol. The van der Waals surface area contributed by atoms with E-state index in [2.05, 4.69) is 15.5 Å². The molecule has 1 aromatic heterocycles. The molecule has 1 aliphatic heterocycles. The first kappa shape index (κ1) is 22.0. The third-order valence-corrected chi connectivity index (χ3v) is 5.66. The Morgan fingerprint density at radius 3 is 2.66 bits per heavy atom. The van der Waals surface area contributed by atoms with Crippen molar-refractivity contribution >= 4 is 23.4 Å². The summed E-state index contributed by atoms with van der Waals surface area (Å²) < 4.78 is 18.4. The summed E-state index contributed by atoms with van der Waals surface area (Å²) >= 11 is 6.33. The van der Waals surface area contributed by atoms with Crippen molar-refractivity contribution in [3.63, 3.8) is 0 Å². The first-order valence-corrected chi connectivity index (χ1v) is 10.7. The van der Waals surface area contributed by atoms with E-state index in [0.717, 1.165) is 5.56 Å². The molecule has 0 unspecified atom stereocenters. The molecule has 4 rings (SSSR count). The van der Waals surface area contributed by atoms with Crippen LogP contribution in [0.3, 0.4) is 0 Å². The number of halogens is 2. The Balaban J connectivity index is 1.64. The first-order valence-electron chi connectivity index (χ1n) is 10.3. The average Bonchev–Trinajstić information content (AvgIpc) is 3.25. The molecule has 0 bridgehead atoms. The van der Waals surface area contributed by atoms with Crippen LogP contribution < -0.4 is 5.32 Å². The number of piperazine rings is 1. The van der Waals surface area contributed by atoms with Gasteiger partial charge in [-0.2, -0.15) is 4.98 Å². The van der Waals surface area contributed by atoms with Gasteiger partial charge in [0.2, 0.25) is 5.91 Å². The maximum Gasteiger partial charge on any atom is 0.296 e. The highest BCUT2D eigenvalue weighted by atomic mass is 35.5. The lowest BCUT2D eigenvalue weighted by Crippen LogP contribution is -2.58. The van der Waals surface area contributed by atoms with Gasteiger partial charge in [0.1, 0.15) is 11.9 Å². The number of hydrogen-bond donors (Lipinski definition) is 1. The Bertz CT molecular complexity index is 1130. The molecule has 1 N–H and O–H groups in total. The van der Waals surface area contributed by atoms with Gasteiger partial charge in [0.25, 0.3) is 17.6 Å². The maximum atomic E-state index is 13.4. The fourth-order valence-electron chi connectivity index (χ4n) is 3.77. The molecule has 0 aliphatic carbocycles. The molecule has 32 heavy (non-hydrogen) atoms. The highest BCUT2D eigenvalue weighted by Crippen LogP contribution is 2.29. The molecule has 7 nitrogen and oxygen atoms in total. The van der Waals surface area contributed by atoms with Gasteiger partial charge in [0.15, 0.2) is 0 Å². The lowest BCUT2D eigenvalue weighted by Gasteiger charge is -2.39. The Hall–Kier alpha value is -3.26. The Labute approximate surface area is 189 Å². The maximum absolute atomic E-state index is 13.4. The number of carbonyl (C=O) groups excluding carboxylic acids is 2. The van der Waals surface area contributed by atoms with E-state index >= 15 is 0 Å². The van der Waals surface area contributed by atoms with Crippen LogP contribution in [-0.2, 0) is 4.79 Å². The Morgan fingerprint density at radius 2 is 1.97 bits per heavy atom. The minimum Gasteiger partial charge on any atom is -0.346 e. The molecule has 2 aromatic carbocycles. The van der Waals surface area contributed by atoms with Crippen LogP contribution in [0.25, 0.3) is 11.5 Å². The largest absolute Gasteiger partial charge is 0.346 e. The van der Waals surface area contributed by atoms with Crippen molar-refractivity contribution in [2.75, 3.05) is 6.54 Å². The molecule has 166 valence electrons. The van der Waals surface area contributed by atoms with E-state index in [1.807, 2.05) is 26.0 Å². The number of rotatable bonds is 5. The second-order valence-corrected chi connectivity index (χ2v) is 8.52. The van der Waals surface area contributed by atoms with Gasteiger partial charge in [0.05, 0.1) is 6.04 Å². The first-order chi connectivity index (χ1) is 15.3. The van der Waals surface area contributed by atoms with Crippen molar-refractivity contribution in [2.45, 2.75) is 32.4 Å². The summed E-state index contributed by atoms with van der Waals surface area (Å²) in [6.07, 6.45) is 0.482. The van der Waals surface area contributed by atoms with Gasteiger partial charge < -0.3 is 14.7 Å². The normalized spacial score (nSPS) is 18.7.